The molecule has 0 saturated carbocycles. The number of hydrogen-bond acceptors (Lipinski definition) is 8. The second kappa shape index (κ2) is 16.4. The Morgan fingerprint density at radius 3 is 2.59 bits per heavy atom. The topological polar surface area (TPSA) is 125 Å². The number of ether oxygens (including phenoxy) is 2. The minimum atomic E-state index is -3.85. The molecule has 2 amide bonds. The first-order chi connectivity index (χ1) is 22.0. The summed E-state index contributed by atoms with van der Waals surface area (Å²) in [6.45, 7) is 6.44. The monoisotopic (exact) mass is 671 g/mol. The Hall–Kier alpha value is -3.45. The van der Waals surface area contributed by atoms with Crippen molar-refractivity contribution in [1.29, 1.82) is 0 Å². The molecule has 0 radical (unpaired) electrons. The van der Waals surface area contributed by atoms with Gasteiger partial charge < -0.3 is 24.4 Å². The zero-order valence-electron chi connectivity index (χ0n) is 26.9. The van der Waals surface area contributed by atoms with Crippen molar-refractivity contribution in [3.05, 3.63) is 77.2 Å². The minimum absolute atomic E-state index is 0.0320. The summed E-state index contributed by atoms with van der Waals surface area (Å²) >= 11 is 1.10. The molecule has 0 aliphatic carbocycles. The largest absolute Gasteiger partial charge is 0.490 e. The first-order valence-electron chi connectivity index (χ1n) is 15.7. The molecule has 1 aromatic heterocycles. The Labute approximate surface area is 276 Å². The Bertz CT molecular complexity index is 1530. The molecule has 4 rings (SSSR count). The third-order valence-electron chi connectivity index (χ3n) is 8.14. The van der Waals surface area contributed by atoms with E-state index in [1.807, 2.05) is 44.2 Å². The van der Waals surface area contributed by atoms with E-state index >= 15 is 0 Å². The number of aliphatic hydroxyl groups excluding tert-OH is 1. The summed E-state index contributed by atoms with van der Waals surface area (Å²) in [5.74, 6) is -0.306. The van der Waals surface area contributed by atoms with Crippen LogP contribution in [0.4, 0.5) is 5.69 Å². The molecule has 0 bridgehead atoms. The summed E-state index contributed by atoms with van der Waals surface area (Å²) in [4.78, 5) is 30.7. The maximum absolute atomic E-state index is 14.3. The van der Waals surface area contributed by atoms with E-state index in [0.717, 1.165) is 36.2 Å². The predicted molar refractivity (Wildman–Crippen MR) is 180 cm³/mol. The number of fused-ring (bicyclic) bond motifs is 1. The lowest BCUT2D eigenvalue weighted by atomic mass is 10.0. The van der Waals surface area contributed by atoms with E-state index in [0.29, 0.717) is 18.9 Å². The fourth-order valence-electron chi connectivity index (χ4n) is 5.35. The number of carbonyl (C=O) groups is 2. The van der Waals surface area contributed by atoms with Crippen LogP contribution in [0.1, 0.15) is 56.0 Å². The number of nitrogens with zero attached hydrogens (tertiary/aromatic N) is 2. The van der Waals surface area contributed by atoms with E-state index < -0.39 is 22.0 Å². The van der Waals surface area contributed by atoms with Crippen molar-refractivity contribution in [3.63, 3.8) is 0 Å². The summed E-state index contributed by atoms with van der Waals surface area (Å²) < 4.78 is 41.3. The fourth-order valence-corrected chi connectivity index (χ4v) is 7.39. The molecule has 10 nitrogen and oxygen atoms in total. The zero-order chi connectivity index (χ0) is 33.3. The summed E-state index contributed by atoms with van der Waals surface area (Å²) in [6.07, 6.45) is 2.04. The Balaban J connectivity index is 1.62. The lowest BCUT2D eigenvalue weighted by Crippen LogP contribution is -2.48. The first kappa shape index (κ1) is 35.4. The molecule has 2 aromatic carbocycles. The summed E-state index contributed by atoms with van der Waals surface area (Å²) in [5.41, 5.74) is 1.35. The van der Waals surface area contributed by atoms with Gasteiger partial charge in [0.25, 0.3) is 15.9 Å². The number of sulfonamides is 1. The highest BCUT2D eigenvalue weighted by molar-refractivity contribution is 7.94. The predicted octanol–water partition coefficient (Wildman–Crippen LogP) is 5.05. The number of thiophene rings is 1. The minimum Gasteiger partial charge on any atom is -0.490 e. The van der Waals surface area contributed by atoms with Gasteiger partial charge in [0.15, 0.2) is 0 Å². The zero-order valence-corrected chi connectivity index (χ0v) is 28.6. The lowest BCUT2D eigenvalue weighted by Gasteiger charge is -2.36. The van der Waals surface area contributed by atoms with Gasteiger partial charge in [-0.3, -0.25) is 14.3 Å². The number of carbonyl (C=O) groups excluding carboxylic acids is 2. The average molecular weight is 672 g/mol. The highest BCUT2D eigenvalue weighted by atomic mass is 32.2. The molecule has 0 saturated heterocycles. The maximum Gasteiger partial charge on any atom is 0.271 e. The van der Waals surface area contributed by atoms with Crippen molar-refractivity contribution in [3.8, 4) is 5.75 Å². The van der Waals surface area contributed by atoms with Crippen molar-refractivity contribution in [2.75, 3.05) is 38.1 Å². The van der Waals surface area contributed by atoms with Crippen molar-refractivity contribution in [2.24, 2.45) is 5.92 Å². The summed E-state index contributed by atoms with van der Waals surface area (Å²) in [6, 6.07) is 16.9. The third kappa shape index (κ3) is 9.54. The van der Waals surface area contributed by atoms with Crippen LogP contribution in [0.15, 0.2) is 70.3 Å². The van der Waals surface area contributed by atoms with Gasteiger partial charge in [-0.1, -0.05) is 43.3 Å². The number of benzene rings is 2. The average Bonchev–Trinajstić information content (AvgIpc) is 3.59. The van der Waals surface area contributed by atoms with Gasteiger partial charge in [-0.2, -0.15) is 0 Å². The molecule has 0 fully saturated rings. The summed E-state index contributed by atoms with van der Waals surface area (Å²) in [7, 11) is -2.08. The highest BCUT2D eigenvalue weighted by Crippen LogP contribution is 2.30. The molecular weight excluding hydrogens is 627 g/mol. The normalized spacial score (nSPS) is 20.6. The molecule has 0 spiro atoms. The van der Waals surface area contributed by atoms with Gasteiger partial charge in [-0.05, 0) is 68.3 Å². The third-order valence-corrected chi connectivity index (χ3v) is 10.9. The van der Waals surface area contributed by atoms with Gasteiger partial charge in [0.2, 0.25) is 5.91 Å². The number of hydrogen-bond donors (Lipinski definition) is 2. The number of rotatable bonds is 9. The second-order valence-corrected chi connectivity index (χ2v) is 14.8. The Morgan fingerprint density at radius 1 is 1.13 bits per heavy atom. The van der Waals surface area contributed by atoms with Gasteiger partial charge >= 0.3 is 0 Å². The van der Waals surface area contributed by atoms with Gasteiger partial charge in [0.1, 0.15) is 9.96 Å². The maximum atomic E-state index is 14.3. The van der Waals surface area contributed by atoms with Crippen molar-refractivity contribution in [1.82, 2.24) is 9.80 Å². The molecule has 250 valence electrons. The van der Waals surface area contributed by atoms with Crippen molar-refractivity contribution >= 4 is 38.9 Å². The molecule has 2 N–H and O–H groups in total. The molecule has 3 aromatic rings. The molecule has 12 heteroatoms. The van der Waals surface area contributed by atoms with Crippen LogP contribution in [-0.4, -0.2) is 86.7 Å². The number of aliphatic hydroxyl groups is 1. The van der Waals surface area contributed by atoms with Gasteiger partial charge in [-0.15, -0.1) is 11.3 Å². The number of nitrogens with one attached hydrogen (secondary N) is 1. The number of anilines is 1. The first-order valence-corrected chi connectivity index (χ1v) is 18.0. The van der Waals surface area contributed by atoms with Crippen LogP contribution in [0, 0.1) is 5.92 Å². The molecule has 4 atom stereocenters. The van der Waals surface area contributed by atoms with Gasteiger partial charge in [0, 0.05) is 38.3 Å². The van der Waals surface area contributed by atoms with E-state index in [9.17, 15) is 23.1 Å². The van der Waals surface area contributed by atoms with Crippen molar-refractivity contribution < 1.29 is 32.6 Å². The van der Waals surface area contributed by atoms with E-state index in [-0.39, 0.29) is 59.1 Å². The quantitative estimate of drug-likeness (QED) is 0.326. The van der Waals surface area contributed by atoms with Crippen LogP contribution in [0.25, 0.3) is 0 Å². The molecule has 1 aliphatic heterocycles. The van der Waals surface area contributed by atoms with Crippen LogP contribution in [0.5, 0.6) is 5.75 Å². The van der Waals surface area contributed by atoms with Crippen molar-refractivity contribution in [2.45, 2.75) is 68.9 Å². The lowest BCUT2D eigenvalue weighted by molar-refractivity contribution is -0.131. The highest BCUT2D eigenvalue weighted by Gasteiger charge is 2.31. The number of amides is 2. The molecular formula is C34H45N3O7S2. The van der Waals surface area contributed by atoms with Crippen LogP contribution in [0.3, 0.4) is 0 Å². The van der Waals surface area contributed by atoms with E-state index in [1.165, 1.54) is 12.1 Å². The van der Waals surface area contributed by atoms with Gasteiger partial charge in [0.05, 0.1) is 36.8 Å². The molecule has 1 aliphatic rings. The Kier molecular flexibility index (Phi) is 12.6. The molecule has 46 heavy (non-hydrogen) atoms. The standard InChI is InChI=1S/C34H45N3O7S2/c1-24-21-37(25(2)23-38)34(40)29-20-28(35-46(41,42)33-14-10-18-45-33)15-16-30(29)44-26(3)11-8-9-17-43-31(24)22-36(4)32(39)19-27-12-6-5-7-13-27/h5-7,10,12-16,18,20,24-26,31,35,38H,8-9,11,17,19,21-23H2,1-4H3/t24-,25+,26+,31-/m0/s1. The van der Waals surface area contributed by atoms with Gasteiger partial charge in [-0.25, -0.2) is 8.42 Å². The van der Waals surface area contributed by atoms with Crippen LogP contribution < -0.4 is 9.46 Å². The molecule has 2 heterocycles. The summed E-state index contributed by atoms with van der Waals surface area (Å²) in [5, 5.41) is 11.9. The number of likely N-dealkylation sites (N-methyl/N-ethyl adjacent to an activating group) is 1. The van der Waals surface area contributed by atoms with Crippen LogP contribution in [-0.2, 0) is 26.0 Å². The van der Waals surface area contributed by atoms with Crippen LogP contribution in [0.2, 0.25) is 0 Å². The van der Waals surface area contributed by atoms with E-state index in [1.54, 1.807) is 47.4 Å². The SMILES string of the molecule is C[C@@H]1CCCCO[C@@H](CN(C)C(=O)Cc2ccccc2)[C@@H](C)CN([C@H](C)CO)C(=O)c2cc(NS(=O)(=O)c3cccs3)ccc2O1. The van der Waals surface area contributed by atoms with E-state index in [2.05, 4.69) is 4.72 Å². The Morgan fingerprint density at radius 2 is 1.89 bits per heavy atom. The fraction of sp³-hybridized carbons (Fsp3) is 0.471. The van der Waals surface area contributed by atoms with Crippen LogP contribution >= 0.6 is 11.3 Å². The second-order valence-electron chi connectivity index (χ2n) is 12.0. The molecule has 0 unspecified atom stereocenters. The smallest absolute Gasteiger partial charge is 0.271 e. The van der Waals surface area contributed by atoms with E-state index in [4.69, 9.17) is 9.47 Å².